The lowest BCUT2D eigenvalue weighted by Gasteiger charge is -2.11. The minimum atomic E-state index is -0.268. The molecule has 0 bridgehead atoms. The number of aromatic amines is 1. The largest absolute Gasteiger partial charge is 0.305 e. The zero-order chi connectivity index (χ0) is 19.0. The first-order chi connectivity index (χ1) is 13.0. The van der Waals surface area contributed by atoms with Gasteiger partial charge in [0.1, 0.15) is 16.2 Å². The van der Waals surface area contributed by atoms with Gasteiger partial charge in [0.25, 0.3) is 5.56 Å². The number of H-pyrrole nitrogens is 1. The Balaban J connectivity index is 1.84. The molecule has 4 rings (SSSR count). The number of nitrogens with one attached hydrogen (secondary N) is 1. The third-order valence-electron chi connectivity index (χ3n) is 4.18. The van der Waals surface area contributed by atoms with Crippen molar-refractivity contribution >= 4 is 21.6 Å². The lowest BCUT2D eigenvalue weighted by Crippen LogP contribution is -2.11. The summed E-state index contributed by atoms with van der Waals surface area (Å²) in [6, 6.07) is 10.6. The maximum atomic E-state index is 14.5. The van der Waals surface area contributed by atoms with Crippen LogP contribution >= 0.6 is 11.3 Å². The first kappa shape index (κ1) is 17.5. The van der Waals surface area contributed by atoms with E-state index >= 15 is 0 Å². The second-order valence-electron chi connectivity index (χ2n) is 6.50. The molecule has 0 saturated carbocycles. The van der Waals surface area contributed by atoms with Gasteiger partial charge in [-0.1, -0.05) is 18.2 Å². The van der Waals surface area contributed by atoms with Crippen LogP contribution in [0.25, 0.3) is 32.9 Å². The highest BCUT2D eigenvalue weighted by Gasteiger charge is 2.15. The predicted octanol–water partition coefficient (Wildman–Crippen LogP) is 3.91. The summed E-state index contributed by atoms with van der Waals surface area (Å²) in [5.74, 6) is 0.132. The number of benzene rings is 1. The molecule has 0 aliphatic carbocycles. The molecular weight excluding hydrogens is 363 g/mol. The Morgan fingerprint density at radius 1 is 1.22 bits per heavy atom. The van der Waals surface area contributed by atoms with Gasteiger partial charge in [-0.3, -0.25) is 9.78 Å². The van der Waals surface area contributed by atoms with E-state index in [9.17, 15) is 9.18 Å². The molecule has 0 spiro atoms. The van der Waals surface area contributed by atoms with Crippen LogP contribution in [0.1, 0.15) is 5.56 Å². The molecule has 0 unspecified atom stereocenters. The number of rotatable bonds is 4. The first-order valence-electron chi connectivity index (χ1n) is 8.39. The zero-order valence-electron chi connectivity index (χ0n) is 14.9. The Morgan fingerprint density at radius 2 is 2.07 bits per heavy atom. The molecule has 4 aromatic rings. The monoisotopic (exact) mass is 380 g/mol. The number of fused-ring (bicyclic) bond motifs is 1. The van der Waals surface area contributed by atoms with Crippen LogP contribution < -0.4 is 5.56 Å². The highest BCUT2D eigenvalue weighted by atomic mass is 32.1. The molecule has 1 N–H and O–H groups in total. The van der Waals surface area contributed by atoms with Gasteiger partial charge in [0.15, 0.2) is 5.82 Å². The van der Waals surface area contributed by atoms with Crippen LogP contribution in [0.2, 0.25) is 0 Å². The lowest BCUT2D eigenvalue weighted by molar-refractivity contribution is 0.392. The van der Waals surface area contributed by atoms with Crippen molar-refractivity contribution in [3.63, 3.8) is 0 Å². The molecule has 0 fully saturated rings. The van der Waals surface area contributed by atoms with E-state index < -0.39 is 0 Å². The van der Waals surface area contributed by atoms with Gasteiger partial charge in [-0.15, -0.1) is 11.3 Å². The van der Waals surface area contributed by atoms with Crippen molar-refractivity contribution < 1.29 is 4.39 Å². The molecule has 0 atom stereocenters. The summed E-state index contributed by atoms with van der Waals surface area (Å²) >= 11 is 1.30. The topological polar surface area (TPSA) is 61.9 Å². The highest BCUT2D eigenvalue weighted by Crippen LogP contribution is 2.32. The number of aromatic nitrogens is 3. The van der Waals surface area contributed by atoms with E-state index in [1.54, 1.807) is 24.4 Å². The van der Waals surface area contributed by atoms with Crippen molar-refractivity contribution in [2.75, 3.05) is 14.1 Å². The Hall–Kier alpha value is -2.90. The Morgan fingerprint density at radius 3 is 2.78 bits per heavy atom. The van der Waals surface area contributed by atoms with Crippen LogP contribution in [0, 0.1) is 5.82 Å². The second kappa shape index (κ2) is 7.02. The van der Waals surface area contributed by atoms with Gasteiger partial charge >= 0.3 is 0 Å². The molecule has 0 amide bonds. The van der Waals surface area contributed by atoms with E-state index in [1.165, 1.54) is 17.4 Å². The number of thiophene rings is 1. The average molecular weight is 380 g/mol. The molecule has 0 saturated heterocycles. The molecule has 136 valence electrons. The molecule has 27 heavy (non-hydrogen) atoms. The van der Waals surface area contributed by atoms with Crippen molar-refractivity contribution in [2.45, 2.75) is 6.54 Å². The number of nitrogens with zero attached hydrogens (tertiary/aromatic N) is 3. The van der Waals surface area contributed by atoms with Gasteiger partial charge in [-0.05, 0) is 37.9 Å². The number of halogens is 1. The van der Waals surface area contributed by atoms with Crippen molar-refractivity contribution in [2.24, 2.45) is 0 Å². The molecule has 0 aliphatic heterocycles. The van der Waals surface area contributed by atoms with Crippen LogP contribution in [0.3, 0.4) is 0 Å². The standard InChI is InChI=1S/C20H17FN4OS/c1-25(2)10-13-7-6-12(9-15(13)21)14-11-27-18-17(14)23-19(24-20(18)26)16-5-3-4-8-22-16/h3-9,11H,10H2,1-2H3,(H,23,24,26). The molecule has 0 aliphatic rings. The number of pyridine rings is 1. The van der Waals surface area contributed by atoms with Crippen LogP contribution in [-0.4, -0.2) is 33.9 Å². The van der Waals surface area contributed by atoms with Crippen LogP contribution in [-0.2, 0) is 6.54 Å². The summed E-state index contributed by atoms with van der Waals surface area (Å²) in [5, 5.41) is 1.84. The summed E-state index contributed by atoms with van der Waals surface area (Å²) in [5.41, 5.74) is 3.00. The molecule has 5 nitrogen and oxygen atoms in total. The minimum Gasteiger partial charge on any atom is -0.305 e. The summed E-state index contributed by atoms with van der Waals surface area (Å²) in [6.07, 6.45) is 1.65. The fourth-order valence-corrected chi connectivity index (χ4v) is 3.85. The zero-order valence-corrected chi connectivity index (χ0v) is 15.7. The van der Waals surface area contributed by atoms with Crippen molar-refractivity contribution in [1.29, 1.82) is 0 Å². The predicted molar refractivity (Wildman–Crippen MR) is 106 cm³/mol. The van der Waals surface area contributed by atoms with Crippen molar-refractivity contribution in [3.05, 3.63) is 69.7 Å². The molecule has 3 aromatic heterocycles. The molecule has 0 radical (unpaired) electrons. The fraction of sp³-hybridized carbons (Fsp3) is 0.150. The maximum absolute atomic E-state index is 14.5. The van der Waals surface area contributed by atoms with Crippen molar-refractivity contribution in [1.82, 2.24) is 19.9 Å². The quantitative estimate of drug-likeness (QED) is 0.583. The summed E-state index contributed by atoms with van der Waals surface area (Å²) in [4.78, 5) is 26.0. The maximum Gasteiger partial charge on any atom is 0.269 e. The van der Waals surface area contributed by atoms with E-state index in [1.807, 2.05) is 36.5 Å². The van der Waals surface area contributed by atoms with Gasteiger partial charge in [0.05, 0.1) is 5.52 Å². The minimum absolute atomic E-state index is 0.221. The van der Waals surface area contributed by atoms with Gasteiger partial charge in [0, 0.05) is 29.2 Å². The van der Waals surface area contributed by atoms with E-state index in [0.29, 0.717) is 39.4 Å². The fourth-order valence-electron chi connectivity index (χ4n) is 2.94. The summed E-state index contributed by atoms with van der Waals surface area (Å²) in [6.45, 7) is 0.526. The summed E-state index contributed by atoms with van der Waals surface area (Å²) < 4.78 is 15.0. The second-order valence-corrected chi connectivity index (χ2v) is 7.38. The number of hydrogen-bond acceptors (Lipinski definition) is 5. The lowest BCUT2D eigenvalue weighted by atomic mass is 10.0. The normalized spacial score (nSPS) is 11.4. The van der Waals surface area contributed by atoms with Gasteiger partial charge in [0.2, 0.25) is 0 Å². The SMILES string of the molecule is CN(C)Cc1ccc(-c2csc3c(=O)[nH]c(-c4ccccn4)nc23)cc1F. The third kappa shape index (κ3) is 3.39. The molecule has 1 aromatic carbocycles. The van der Waals surface area contributed by atoms with Gasteiger partial charge in [-0.25, -0.2) is 9.37 Å². The van der Waals surface area contributed by atoms with E-state index in [4.69, 9.17) is 0 Å². The summed E-state index contributed by atoms with van der Waals surface area (Å²) in [7, 11) is 3.80. The molecule has 7 heteroatoms. The van der Waals surface area contributed by atoms with E-state index in [-0.39, 0.29) is 11.4 Å². The van der Waals surface area contributed by atoms with E-state index in [2.05, 4.69) is 15.0 Å². The van der Waals surface area contributed by atoms with E-state index in [0.717, 1.165) is 5.56 Å². The first-order valence-corrected chi connectivity index (χ1v) is 9.27. The molecular formula is C20H17FN4OS. The Kier molecular flexibility index (Phi) is 4.55. The van der Waals surface area contributed by atoms with Crippen LogP contribution in [0.15, 0.2) is 52.8 Å². The van der Waals surface area contributed by atoms with Gasteiger partial charge in [-0.2, -0.15) is 0 Å². The Labute approximate surface area is 159 Å². The van der Waals surface area contributed by atoms with Crippen LogP contribution in [0.5, 0.6) is 0 Å². The highest BCUT2D eigenvalue weighted by molar-refractivity contribution is 7.17. The van der Waals surface area contributed by atoms with Crippen molar-refractivity contribution in [3.8, 4) is 22.6 Å². The average Bonchev–Trinajstić information content (AvgIpc) is 3.08. The molecule has 3 heterocycles. The smallest absolute Gasteiger partial charge is 0.269 e. The third-order valence-corrected chi connectivity index (χ3v) is 5.15. The Bertz CT molecular complexity index is 1170. The van der Waals surface area contributed by atoms with Crippen LogP contribution in [0.4, 0.5) is 4.39 Å². The van der Waals surface area contributed by atoms with Gasteiger partial charge < -0.3 is 9.88 Å². The number of hydrogen-bond donors (Lipinski definition) is 1.